The second-order valence-corrected chi connectivity index (χ2v) is 6.70. The van der Waals surface area contributed by atoms with Crippen LogP contribution < -0.4 is 5.32 Å². The normalized spacial score (nSPS) is 24.5. The molecule has 24 heavy (non-hydrogen) atoms. The predicted molar refractivity (Wildman–Crippen MR) is 109 cm³/mol. The fraction of sp³-hybridized carbons (Fsp3) is 0.611. The number of hydrogen-bond acceptors (Lipinski definition) is 5. The number of aliphatic imine (C=N–C) groups is 1. The molecule has 0 saturated carbocycles. The molecule has 1 saturated heterocycles. The molecule has 134 valence electrons. The summed E-state index contributed by atoms with van der Waals surface area (Å²) in [4.78, 5) is 9.17. The zero-order chi connectivity index (χ0) is 16.2. The largest absolute Gasteiger partial charge is 0.373 e. The minimum Gasteiger partial charge on any atom is -0.373 e. The first-order chi connectivity index (χ1) is 11.1. The minimum absolute atomic E-state index is 0. The lowest BCUT2D eigenvalue weighted by molar-refractivity contribution is -0.0705. The molecule has 5 nitrogen and oxygen atoms in total. The Bertz CT molecular complexity index is 556. The number of halogens is 1. The molecule has 2 aliphatic heterocycles. The van der Waals surface area contributed by atoms with E-state index in [1.165, 1.54) is 11.1 Å². The molecule has 1 fully saturated rings. The Morgan fingerprint density at radius 3 is 2.46 bits per heavy atom. The van der Waals surface area contributed by atoms with Gasteiger partial charge in [-0.3, -0.25) is 9.89 Å². The second kappa shape index (κ2) is 9.01. The van der Waals surface area contributed by atoms with E-state index in [1.807, 2.05) is 0 Å². The molecular formula is C18H29IN4O. The van der Waals surface area contributed by atoms with E-state index >= 15 is 0 Å². The first-order valence-corrected chi connectivity index (χ1v) is 8.56. The molecule has 1 N–H and O–H groups in total. The van der Waals surface area contributed by atoms with Crippen molar-refractivity contribution in [2.24, 2.45) is 4.99 Å². The second-order valence-electron chi connectivity index (χ2n) is 6.70. The number of rotatable bonds is 4. The van der Waals surface area contributed by atoms with Crippen molar-refractivity contribution in [2.75, 3.05) is 33.2 Å². The molecule has 0 aromatic heterocycles. The van der Waals surface area contributed by atoms with Crippen LogP contribution in [0.3, 0.4) is 0 Å². The quantitative estimate of drug-likeness (QED) is 0.724. The number of benzene rings is 1. The van der Waals surface area contributed by atoms with E-state index < -0.39 is 0 Å². The molecule has 2 unspecified atom stereocenters. The van der Waals surface area contributed by atoms with E-state index in [-0.39, 0.29) is 24.0 Å². The van der Waals surface area contributed by atoms with E-state index in [1.54, 1.807) is 0 Å². The highest BCUT2D eigenvalue weighted by atomic mass is 127. The average molecular weight is 444 g/mol. The molecule has 0 amide bonds. The minimum atomic E-state index is 0. The maximum absolute atomic E-state index is 5.84. The Morgan fingerprint density at radius 2 is 1.83 bits per heavy atom. The lowest BCUT2D eigenvalue weighted by Gasteiger charge is -2.35. The Labute approximate surface area is 162 Å². The van der Waals surface area contributed by atoms with Crippen molar-refractivity contribution >= 4 is 29.9 Å². The van der Waals surface area contributed by atoms with Crippen molar-refractivity contribution in [3.8, 4) is 0 Å². The van der Waals surface area contributed by atoms with Gasteiger partial charge in [0, 0.05) is 39.8 Å². The van der Waals surface area contributed by atoms with E-state index in [2.05, 4.69) is 65.3 Å². The molecular weight excluding hydrogens is 415 g/mol. The molecule has 0 radical (unpaired) electrons. The van der Waals surface area contributed by atoms with E-state index in [9.17, 15) is 0 Å². The van der Waals surface area contributed by atoms with Crippen molar-refractivity contribution in [1.29, 1.82) is 0 Å². The van der Waals surface area contributed by atoms with Gasteiger partial charge in [-0.05, 0) is 25.0 Å². The van der Waals surface area contributed by atoms with Crippen molar-refractivity contribution in [3.05, 3.63) is 35.4 Å². The van der Waals surface area contributed by atoms with Gasteiger partial charge >= 0.3 is 0 Å². The SMILES string of the molecule is CC1CN(Cc2ccccc2CNC2=NCCN2C)CC(C)O1.I. The lowest BCUT2D eigenvalue weighted by atomic mass is 10.1. The first-order valence-electron chi connectivity index (χ1n) is 8.56. The van der Waals surface area contributed by atoms with Crippen molar-refractivity contribution in [2.45, 2.75) is 39.1 Å². The van der Waals surface area contributed by atoms with Crippen LogP contribution in [-0.4, -0.2) is 61.2 Å². The van der Waals surface area contributed by atoms with Gasteiger partial charge in [0.2, 0.25) is 0 Å². The van der Waals surface area contributed by atoms with Gasteiger partial charge in [0.25, 0.3) is 0 Å². The monoisotopic (exact) mass is 444 g/mol. The maximum Gasteiger partial charge on any atom is 0.194 e. The number of morpholine rings is 1. The molecule has 0 bridgehead atoms. The Balaban J connectivity index is 0.00000208. The standard InChI is InChI=1S/C18H28N4O.HI/c1-14-11-22(12-15(2)23-14)13-17-7-5-4-6-16(17)10-20-18-19-8-9-21(18)3;/h4-7,14-15H,8-13H2,1-3H3,(H,19,20);1H. The van der Waals surface area contributed by atoms with Crippen molar-refractivity contribution < 1.29 is 4.74 Å². The Kier molecular flexibility index (Phi) is 7.31. The molecule has 2 aliphatic rings. The van der Waals surface area contributed by atoms with Crippen LogP contribution >= 0.6 is 24.0 Å². The highest BCUT2D eigenvalue weighted by molar-refractivity contribution is 14.0. The molecule has 3 rings (SSSR count). The third-order valence-corrected chi connectivity index (χ3v) is 4.50. The zero-order valence-electron chi connectivity index (χ0n) is 14.9. The third-order valence-electron chi connectivity index (χ3n) is 4.50. The summed E-state index contributed by atoms with van der Waals surface area (Å²) in [5.74, 6) is 1.01. The van der Waals surface area contributed by atoms with Gasteiger partial charge in [-0.25, -0.2) is 0 Å². The van der Waals surface area contributed by atoms with Crippen LogP contribution in [-0.2, 0) is 17.8 Å². The number of nitrogens with one attached hydrogen (secondary N) is 1. The molecule has 0 spiro atoms. The van der Waals surface area contributed by atoms with Crippen LogP contribution in [0.4, 0.5) is 0 Å². The van der Waals surface area contributed by atoms with E-state index in [4.69, 9.17) is 4.74 Å². The highest BCUT2D eigenvalue weighted by Crippen LogP contribution is 2.17. The van der Waals surface area contributed by atoms with Crippen LogP contribution in [0.1, 0.15) is 25.0 Å². The lowest BCUT2D eigenvalue weighted by Crippen LogP contribution is -2.45. The van der Waals surface area contributed by atoms with Crippen molar-refractivity contribution in [3.63, 3.8) is 0 Å². The van der Waals surface area contributed by atoms with Crippen molar-refractivity contribution in [1.82, 2.24) is 15.1 Å². The van der Waals surface area contributed by atoms with Crippen LogP contribution in [0.25, 0.3) is 0 Å². The summed E-state index contributed by atoms with van der Waals surface area (Å²) in [6.07, 6.45) is 0.621. The molecule has 1 aromatic carbocycles. The topological polar surface area (TPSA) is 40.1 Å². The summed E-state index contributed by atoms with van der Waals surface area (Å²) in [7, 11) is 2.08. The number of ether oxygens (including phenoxy) is 1. The van der Waals surface area contributed by atoms with Gasteiger partial charge in [-0.1, -0.05) is 24.3 Å². The summed E-state index contributed by atoms with van der Waals surface area (Å²) in [5, 5.41) is 3.48. The summed E-state index contributed by atoms with van der Waals surface area (Å²) in [6.45, 7) is 10.0. The highest BCUT2D eigenvalue weighted by Gasteiger charge is 2.22. The average Bonchev–Trinajstić information content (AvgIpc) is 2.91. The zero-order valence-corrected chi connectivity index (χ0v) is 17.2. The molecule has 1 aromatic rings. The number of nitrogens with zero attached hydrogens (tertiary/aromatic N) is 3. The number of guanidine groups is 1. The number of hydrogen-bond donors (Lipinski definition) is 1. The molecule has 0 aliphatic carbocycles. The molecule has 6 heteroatoms. The summed E-state index contributed by atoms with van der Waals surface area (Å²) in [5.41, 5.74) is 2.74. The fourth-order valence-electron chi connectivity index (χ4n) is 3.44. The summed E-state index contributed by atoms with van der Waals surface area (Å²) >= 11 is 0. The Hall–Kier alpha value is -0.860. The molecule has 2 heterocycles. The number of likely N-dealkylation sites (N-methyl/N-ethyl adjacent to an activating group) is 1. The third kappa shape index (κ3) is 5.07. The van der Waals surface area contributed by atoms with Gasteiger partial charge in [0.05, 0.1) is 18.8 Å². The van der Waals surface area contributed by atoms with Crippen LogP contribution in [0, 0.1) is 0 Å². The fourth-order valence-corrected chi connectivity index (χ4v) is 3.44. The van der Waals surface area contributed by atoms with Gasteiger partial charge in [0.1, 0.15) is 0 Å². The van der Waals surface area contributed by atoms with Gasteiger partial charge < -0.3 is 15.0 Å². The van der Waals surface area contributed by atoms with Crippen LogP contribution in [0.15, 0.2) is 29.3 Å². The van der Waals surface area contributed by atoms with Crippen LogP contribution in [0.5, 0.6) is 0 Å². The first kappa shape index (κ1) is 19.5. The van der Waals surface area contributed by atoms with Crippen LogP contribution in [0.2, 0.25) is 0 Å². The van der Waals surface area contributed by atoms with E-state index in [0.717, 1.165) is 45.2 Å². The van der Waals surface area contributed by atoms with E-state index in [0.29, 0.717) is 12.2 Å². The Morgan fingerprint density at radius 1 is 1.17 bits per heavy atom. The summed E-state index contributed by atoms with van der Waals surface area (Å²) < 4.78 is 5.84. The summed E-state index contributed by atoms with van der Waals surface area (Å²) in [6, 6.07) is 8.70. The van der Waals surface area contributed by atoms with Gasteiger partial charge in [0.15, 0.2) is 5.96 Å². The van der Waals surface area contributed by atoms with Gasteiger partial charge in [-0.15, -0.1) is 24.0 Å². The maximum atomic E-state index is 5.84. The molecule has 2 atom stereocenters. The predicted octanol–water partition coefficient (Wildman–Crippen LogP) is 2.30. The smallest absolute Gasteiger partial charge is 0.194 e. The van der Waals surface area contributed by atoms with Gasteiger partial charge in [-0.2, -0.15) is 0 Å².